The predicted molar refractivity (Wildman–Crippen MR) is 82.4 cm³/mol. The van der Waals surface area contributed by atoms with Crippen LogP contribution in [-0.4, -0.2) is 60.6 Å². The smallest absolute Gasteiger partial charge is 0.407 e. The molecule has 1 aliphatic rings. The highest BCUT2D eigenvalue weighted by Crippen LogP contribution is 2.14. The van der Waals surface area contributed by atoms with Crippen molar-refractivity contribution in [2.24, 2.45) is 0 Å². The topological polar surface area (TPSA) is 70.7 Å². The van der Waals surface area contributed by atoms with Crippen LogP contribution in [-0.2, 0) is 9.53 Å². The average Bonchev–Trinajstić information content (AvgIpc) is 2.35. The fourth-order valence-corrected chi connectivity index (χ4v) is 2.58. The standard InChI is InChI=1S/C15H27F2N3O3/c1-5-11-13(21)18-6-7-20(11)9-10(8-12(16)17)19-14(22)23-15(2,3)4/h10-12H,5-9H2,1-4H3,(H,18,21)(H,19,22). The summed E-state index contributed by atoms with van der Waals surface area (Å²) in [5.74, 6) is -0.105. The second kappa shape index (κ2) is 8.42. The molecular formula is C15H27F2N3O3. The number of alkyl carbamates (subject to hydrolysis) is 1. The molecule has 0 aromatic rings. The Hall–Kier alpha value is -1.44. The van der Waals surface area contributed by atoms with Crippen LogP contribution in [0.25, 0.3) is 0 Å². The predicted octanol–water partition coefficient (Wildman–Crippen LogP) is 1.75. The Kier molecular flexibility index (Phi) is 7.18. The van der Waals surface area contributed by atoms with Crippen LogP contribution in [0.3, 0.4) is 0 Å². The van der Waals surface area contributed by atoms with E-state index in [0.717, 1.165) is 0 Å². The number of rotatable bonds is 6. The number of ether oxygens (including phenoxy) is 1. The summed E-state index contributed by atoms with van der Waals surface area (Å²) in [5.41, 5.74) is -0.698. The third-order valence-corrected chi connectivity index (χ3v) is 3.47. The van der Waals surface area contributed by atoms with Gasteiger partial charge in [0.25, 0.3) is 0 Å². The number of nitrogens with zero attached hydrogens (tertiary/aromatic N) is 1. The first-order valence-corrected chi connectivity index (χ1v) is 7.91. The molecule has 2 N–H and O–H groups in total. The number of hydrogen-bond donors (Lipinski definition) is 2. The molecule has 1 rings (SSSR count). The van der Waals surface area contributed by atoms with E-state index in [1.54, 1.807) is 20.8 Å². The first-order chi connectivity index (χ1) is 10.6. The highest BCUT2D eigenvalue weighted by atomic mass is 19.3. The summed E-state index contributed by atoms with van der Waals surface area (Å²) in [5, 5.41) is 5.26. The van der Waals surface area contributed by atoms with Crippen LogP contribution in [0.4, 0.5) is 13.6 Å². The molecule has 6 nitrogen and oxygen atoms in total. The normalized spacial score (nSPS) is 21.0. The van der Waals surface area contributed by atoms with Crippen molar-refractivity contribution >= 4 is 12.0 Å². The number of carbonyl (C=O) groups is 2. The Morgan fingerprint density at radius 1 is 1.48 bits per heavy atom. The maximum absolute atomic E-state index is 12.8. The Morgan fingerprint density at radius 2 is 2.13 bits per heavy atom. The molecule has 1 saturated heterocycles. The summed E-state index contributed by atoms with van der Waals surface area (Å²) < 4.78 is 30.7. The van der Waals surface area contributed by atoms with Gasteiger partial charge in [-0.25, -0.2) is 13.6 Å². The fraction of sp³-hybridized carbons (Fsp3) is 0.867. The number of nitrogens with one attached hydrogen (secondary N) is 2. The minimum absolute atomic E-state index is 0.105. The zero-order chi connectivity index (χ0) is 17.6. The van der Waals surface area contributed by atoms with E-state index >= 15 is 0 Å². The molecule has 1 heterocycles. The summed E-state index contributed by atoms with van der Waals surface area (Å²) in [6.45, 7) is 8.22. The number of hydrogen-bond acceptors (Lipinski definition) is 4. The average molecular weight is 335 g/mol. The zero-order valence-corrected chi connectivity index (χ0v) is 14.2. The third-order valence-electron chi connectivity index (χ3n) is 3.47. The molecule has 0 aromatic heterocycles. The van der Waals surface area contributed by atoms with Crippen LogP contribution in [0.2, 0.25) is 0 Å². The van der Waals surface area contributed by atoms with Crippen molar-refractivity contribution < 1.29 is 23.1 Å². The van der Waals surface area contributed by atoms with Crippen molar-refractivity contribution in [2.75, 3.05) is 19.6 Å². The first kappa shape index (κ1) is 19.6. The Balaban J connectivity index is 2.69. The first-order valence-electron chi connectivity index (χ1n) is 7.91. The van der Waals surface area contributed by atoms with Gasteiger partial charge < -0.3 is 15.4 Å². The SMILES string of the molecule is CCC1C(=O)NCCN1CC(CC(F)F)NC(=O)OC(C)(C)C. The molecule has 0 bridgehead atoms. The molecule has 2 atom stereocenters. The van der Waals surface area contributed by atoms with E-state index in [4.69, 9.17) is 4.74 Å². The summed E-state index contributed by atoms with van der Waals surface area (Å²) in [4.78, 5) is 25.5. The van der Waals surface area contributed by atoms with Crippen LogP contribution in [0.1, 0.15) is 40.5 Å². The van der Waals surface area contributed by atoms with Crippen LogP contribution in [0.5, 0.6) is 0 Å². The van der Waals surface area contributed by atoms with Gasteiger partial charge in [-0.05, 0) is 27.2 Å². The van der Waals surface area contributed by atoms with Gasteiger partial charge >= 0.3 is 6.09 Å². The maximum atomic E-state index is 12.8. The molecule has 0 aromatic carbocycles. The molecule has 0 saturated carbocycles. The largest absolute Gasteiger partial charge is 0.444 e. The van der Waals surface area contributed by atoms with Crippen LogP contribution in [0.15, 0.2) is 0 Å². The van der Waals surface area contributed by atoms with E-state index in [2.05, 4.69) is 10.6 Å². The molecule has 1 aliphatic heterocycles. The van der Waals surface area contributed by atoms with Crippen LogP contribution < -0.4 is 10.6 Å². The fourth-order valence-electron chi connectivity index (χ4n) is 2.58. The van der Waals surface area contributed by atoms with Gasteiger partial charge in [0.1, 0.15) is 5.60 Å². The number of carbonyl (C=O) groups excluding carboxylic acids is 2. The minimum atomic E-state index is -2.55. The quantitative estimate of drug-likeness (QED) is 0.776. The zero-order valence-electron chi connectivity index (χ0n) is 14.2. The Morgan fingerprint density at radius 3 is 2.65 bits per heavy atom. The number of alkyl halides is 2. The second-order valence-electron chi connectivity index (χ2n) is 6.68. The molecule has 0 spiro atoms. The van der Waals surface area contributed by atoms with Crippen molar-refractivity contribution in [3.05, 3.63) is 0 Å². The third kappa shape index (κ3) is 7.11. The Labute approximate surface area is 135 Å². The van der Waals surface area contributed by atoms with Gasteiger partial charge in [-0.1, -0.05) is 6.92 Å². The van der Waals surface area contributed by atoms with Gasteiger partial charge in [0.2, 0.25) is 12.3 Å². The summed E-state index contributed by atoms with van der Waals surface area (Å²) in [6.07, 6.45) is -3.17. The van der Waals surface area contributed by atoms with E-state index in [9.17, 15) is 18.4 Å². The molecule has 1 fully saturated rings. The minimum Gasteiger partial charge on any atom is -0.444 e. The van der Waals surface area contributed by atoms with Crippen molar-refractivity contribution in [3.63, 3.8) is 0 Å². The van der Waals surface area contributed by atoms with Crippen molar-refractivity contribution in [3.8, 4) is 0 Å². The molecule has 0 radical (unpaired) electrons. The van der Waals surface area contributed by atoms with E-state index in [0.29, 0.717) is 19.5 Å². The maximum Gasteiger partial charge on any atom is 0.407 e. The lowest BCUT2D eigenvalue weighted by Crippen LogP contribution is -2.58. The molecule has 8 heteroatoms. The van der Waals surface area contributed by atoms with Gasteiger partial charge in [-0.3, -0.25) is 9.69 Å². The number of amides is 2. The monoisotopic (exact) mass is 335 g/mol. The van der Waals surface area contributed by atoms with Gasteiger partial charge in [0.05, 0.1) is 12.1 Å². The van der Waals surface area contributed by atoms with Crippen molar-refractivity contribution in [1.82, 2.24) is 15.5 Å². The number of halogens is 2. The van der Waals surface area contributed by atoms with E-state index < -0.39 is 30.6 Å². The van der Waals surface area contributed by atoms with E-state index in [1.807, 2.05) is 11.8 Å². The molecule has 134 valence electrons. The lowest BCUT2D eigenvalue weighted by atomic mass is 10.1. The Bertz CT molecular complexity index is 413. The summed E-state index contributed by atoms with van der Waals surface area (Å²) >= 11 is 0. The highest BCUT2D eigenvalue weighted by Gasteiger charge is 2.31. The highest BCUT2D eigenvalue weighted by molar-refractivity contribution is 5.82. The molecule has 0 aliphatic carbocycles. The molecule has 2 unspecified atom stereocenters. The molecular weight excluding hydrogens is 308 g/mol. The number of piperazine rings is 1. The van der Waals surface area contributed by atoms with Gasteiger partial charge in [0.15, 0.2) is 0 Å². The summed E-state index contributed by atoms with van der Waals surface area (Å²) in [6, 6.07) is -1.13. The van der Waals surface area contributed by atoms with Gasteiger partial charge in [-0.15, -0.1) is 0 Å². The van der Waals surface area contributed by atoms with Gasteiger partial charge in [0, 0.05) is 26.1 Å². The molecule has 23 heavy (non-hydrogen) atoms. The lowest BCUT2D eigenvalue weighted by molar-refractivity contribution is -0.129. The summed E-state index contributed by atoms with van der Waals surface area (Å²) in [7, 11) is 0. The lowest BCUT2D eigenvalue weighted by Gasteiger charge is -2.37. The van der Waals surface area contributed by atoms with Crippen LogP contribution in [0, 0.1) is 0 Å². The van der Waals surface area contributed by atoms with Crippen molar-refractivity contribution in [1.29, 1.82) is 0 Å². The van der Waals surface area contributed by atoms with Gasteiger partial charge in [-0.2, -0.15) is 0 Å². The van der Waals surface area contributed by atoms with Crippen molar-refractivity contribution in [2.45, 2.75) is 64.6 Å². The molecule has 2 amide bonds. The van der Waals surface area contributed by atoms with E-state index in [1.165, 1.54) is 0 Å². The van der Waals surface area contributed by atoms with E-state index in [-0.39, 0.29) is 18.5 Å². The van der Waals surface area contributed by atoms with Crippen LogP contribution >= 0.6 is 0 Å². The second-order valence-corrected chi connectivity index (χ2v) is 6.68.